The van der Waals surface area contributed by atoms with E-state index in [1.807, 2.05) is 12.1 Å². The Bertz CT molecular complexity index is 378. The summed E-state index contributed by atoms with van der Waals surface area (Å²) in [4.78, 5) is 6.58. The summed E-state index contributed by atoms with van der Waals surface area (Å²) in [6, 6.07) is 6.24. The molecule has 0 bridgehead atoms. The first-order valence-electron chi connectivity index (χ1n) is 5.06. The number of piperidine rings is 1. The standard InChI is InChI=1S/C11H12BrN3/c12-10-2-1-5-14-11(10)15-6-3-9(8-13)4-7-15/h1-2,5,9H,3-4,6-7H2. The van der Waals surface area contributed by atoms with Crippen molar-refractivity contribution in [1.82, 2.24) is 4.98 Å². The molecule has 0 atom stereocenters. The van der Waals surface area contributed by atoms with E-state index in [2.05, 4.69) is 31.9 Å². The maximum atomic E-state index is 8.81. The lowest BCUT2D eigenvalue weighted by Gasteiger charge is -2.30. The summed E-state index contributed by atoms with van der Waals surface area (Å²) < 4.78 is 1.03. The van der Waals surface area contributed by atoms with Crippen molar-refractivity contribution in [2.45, 2.75) is 12.8 Å². The number of nitriles is 1. The number of nitrogens with zero attached hydrogens (tertiary/aromatic N) is 3. The molecule has 0 unspecified atom stereocenters. The number of halogens is 1. The van der Waals surface area contributed by atoms with Gasteiger partial charge in [-0.15, -0.1) is 0 Å². The van der Waals surface area contributed by atoms with Crippen LogP contribution in [0.1, 0.15) is 12.8 Å². The van der Waals surface area contributed by atoms with Crippen LogP contribution in [0.3, 0.4) is 0 Å². The van der Waals surface area contributed by atoms with Crippen LogP contribution in [0.4, 0.5) is 5.82 Å². The zero-order valence-corrected chi connectivity index (χ0v) is 9.94. The average molecular weight is 266 g/mol. The van der Waals surface area contributed by atoms with Crippen molar-refractivity contribution < 1.29 is 0 Å². The lowest BCUT2D eigenvalue weighted by Crippen LogP contribution is -2.34. The van der Waals surface area contributed by atoms with Crippen molar-refractivity contribution in [3.05, 3.63) is 22.8 Å². The molecule has 4 heteroatoms. The molecule has 1 saturated heterocycles. The van der Waals surface area contributed by atoms with Gasteiger partial charge in [-0.25, -0.2) is 4.98 Å². The van der Waals surface area contributed by atoms with Gasteiger partial charge in [0.2, 0.25) is 0 Å². The highest BCUT2D eigenvalue weighted by molar-refractivity contribution is 9.10. The van der Waals surface area contributed by atoms with Crippen molar-refractivity contribution in [3.8, 4) is 6.07 Å². The van der Waals surface area contributed by atoms with Crippen LogP contribution in [0.25, 0.3) is 0 Å². The minimum atomic E-state index is 0.226. The molecule has 3 nitrogen and oxygen atoms in total. The van der Waals surface area contributed by atoms with Crippen LogP contribution in [0.15, 0.2) is 22.8 Å². The maximum absolute atomic E-state index is 8.81. The van der Waals surface area contributed by atoms with Gasteiger partial charge in [0.25, 0.3) is 0 Å². The smallest absolute Gasteiger partial charge is 0.142 e. The molecule has 1 aliphatic rings. The molecule has 0 spiro atoms. The summed E-state index contributed by atoms with van der Waals surface area (Å²) in [6.07, 6.45) is 3.69. The third kappa shape index (κ3) is 2.29. The van der Waals surface area contributed by atoms with Crippen molar-refractivity contribution in [1.29, 1.82) is 5.26 Å². The molecule has 0 amide bonds. The summed E-state index contributed by atoms with van der Waals surface area (Å²) in [5.74, 6) is 1.22. The van der Waals surface area contributed by atoms with Crippen LogP contribution in [-0.4, -0.2) is 18.1 Å². The molecule has 1 fully saturated rings. The Labute approximate surface area is 97.9 Å². The first kappa shape index (κ1) is 10.4. The number of hydrogen-bond acceptors (Lipinski definition) is 3. The fourth-order valence-corrected chi connectivity index (χ4v) is 2.34. The van der Waals surface area contributed by atoms with Crippen LogP contribution in [0, 0.1) is 17.2 Å². The van der Waals surface area contributed by atoms with Gasteiger partial charge in [-0.3, -0.25) is 0 Å². The quantitative estimate of drug-likeness (QED) is 0.784. The lowest BCUT2D eigenvalue weighted by molar-refractivity contribution is 0.485. The molecule has 0 radical (unpaired) electrons. The van der Waals surface area contributed by atoms with Crippen LogP contribution in [0.5, 0.6) is 0 Å². The highest BCUT2D eigenvalue weighted by atomic mass is 79.9. The molecule has 1 aromatic heterocycles. The topological polar surface area (TPSA) is 39.9 Å². The van der Waals surface area contributed by atoms with Gasteiger partial charge in [0.15, 0.2) is 0 Å². The number of rotatable bonds is 1. The molecule has 0 N–H and O–H groups in total. The van der Waals surface area contributed by atoms with Crippen molar-refractivity contribution in [2.75, 3.05) is 18.0 Å². The predicted octanol–water partition coefficient (Wildman–Crippen LogP) is 2.58. The monoisotopic (exact) mass is 265 g/mol. The zero-order valence-electron chi connectivity index (χ0n) is 8.36. The Hall–Kier alpha value is -1.08. The number of anilines is 1. The molecule has 2 heterocycles. The van der Waals surface area contributed by atoms with E-state index < -0.39 is 0 Å². The second kappa shape index (κ2) is 4.63. The van der Waals surface area contributed by atoms with Crippen molar-refractivity contribution in [3.63, 3.8) is 0 Å². The van der Waals surface area contributed by atoms with E-state index in [4.69, 9.17) is 5.26 Å². The summed E-state index contributed by atoms with van der Waals surface area (Å²) >= 11 is 3.49. The van der Waals surface area contributed by atoms with Crippen molar-refractivity contribution >= 4 is 21.7 Å². The molecular formula is C11H12BrN3. The van der Waals surface area contributed by atoms with Gasteiger partial charge in [0, 0.05) is 25.2 Å². The first-order valence-corrected chi connectivity index (χ1v) is 5.85. The van der Waals surface area contributed by atoms with E-state index in [0.717, 1.165) is 36.2 Å². The van der Waals surface area contributed by atoms with E-state index >= 15 is 0 Å². The predicted molar refractivity (Wildman–Crippen MR) is 62.5 cm³/mol. The number of aromatic nitrogens is 1. The molecule has 0 aliphatic carbocycles. The second-order valence-electron chi connectivity index (χ2n) is 3.70. The van der Waals surface area contributed by atoms with Crippen molar-refractivity contribution in [2.24, 2.45) is 5.92 Å². The Morgan fingerprint density at radius 3 is 2.80 bits per heavy atom. The fraction of sp³-hybridized carbons (Fsp3) is 0.455. The van der Waals surface area contributed by atoms with Gasteiger partial charge in [-0.1, -0.05) is 0 Å². The molecule has 15 heavy (non-hydrogen) atoms. The fourth-order valence-electron chi connectivity index (χ4n) is 1.83. The molecule has 1 aliphatic heterocycles. The van der Waals surface area contributed by atoms with Gasteiger partial charge in [0.1, 0.15) is 5.82 Å². The third-order valence-corrected chi connectivity index (χ3v) is 3.34. The van der Waals surface area contributed by atoms with E-state index in [-0.39, 0.29) is 5.92 Å². The Kier molecular flexibility index (Phi) is 3.22. The van der Waals surface area contributed by atoms with Gasteiger partial charge in [-0.05, 0) is 40.9 Å². The van der Waals surface area contributed by atoms with Gasteiger partial charge >= 0.3 is 0 Å². The highest BCUT2D eigenvalue weighted by Crippen LogP contribution is 2.27. The normalized spacial score (nSPS) is 17.5. The van der Waals surface area contributed by atoms with Crippen LogP contribution < -0.4 is 4.90 Å². The van der Waals surface area contributed by atoms with E-state index in [0.29, 0.717) is 0 Å². The van der Waals surface area contributed by atoms with Crippen LogP contribution in [0.2, 0.25) is 0 Å². The second-order valence-corrected chi connectivity index (χ2v) is 4.55. The molecule has 1 aromatic rings. The minimum absolute atomic E-state index is 0.226. The molecule has 0 aromatic carbocycles. The Balaban J connectivity index is 2.08. The zero-order chi connectivity index (χ0) is 10.7. The molecule has 2 rings (SSSR count). The van der Waals surface area contributed by atoms with Crippen LogP contribution >= 0.6 is 15.9 Å². The summed E-state index contributed by atoms with van der Waals surface area (Å²) in [5.41, 5.74) is 0. The highest BCUT2D eigenvalue weighted by Gasteiger charge is 2.20. The van der Waals surface area contributed by atoms with Gasteiger partial charge < -0.3 is 4.90 Å². The van der Waals surface area contributed by atoms with E-state index in [1.165, 1.54) is 0 Å². The maximum Gasteiger partial charge on any atom is 0.142 e. The molecule has 0 saturated carbocycles. The minimum Gasteiger partial charge on any atom is -0.356 e. The lowest BCUT2D eigenvalue weighted by atomic mass is 9.99. The van der Waals surface area contributed by atoms with E-state index in [1.54, 1.807) is 6.20 Å². The summed E-state index contributed by atoms with van der Waals surface area (Å²) in [7, 11) is 0. The Morgan fingerprint density at radius 2 is 2.20 bits per heavy atom. The van der Waals surface area contributed by atoms with E-state index in [9.17, 15) is 0 Å². The molecule has 78 valence electrons. The summed E-state index contributed by atoms with van der Waals surface area (Å²) in [5, 5.41) is 8.81. The van der Waals surface area contributed by atoms with Crippen LogP contribution in [-0.2, 0) is 0 Å². The first-order chi connectivity index (χ1) is 7.31. The average Bonchev–Trinajstić information content (AvgIpc) is 2.30. The largest absolute Gasteiger partial charge is 0.356 e. The number of pyridine rings is 1. The van der Waals surface area contributed by atoms with Gasteiger partial charge in [0.05, 0.1) is 10.5 Å². The Morgan fingerprint density at radius 1 is 1.47 bits per heavy atom. The SMILES string of the molecule is N#CC1CCN(c2ncccc2Br)CC1. The third-order valence-electron chi connectivity index (χ3n) is 2.72. The number of hydrogen-bond donors (Lipinski definition) is 0. The molecular weight excluding hydrogens is 254 g/mol. The summed E-state index contributed by atoms with van der Waals surface area (Å²) in [6.45, 7) is 1.85. The van der Waals surface area contributed by atoms with Gasteiger partial charge in [-0.2, -0.15) is 5.26 Å².